The van der Waals surface area contributed by atoms with Crippen LogP contribution in [0.5, 0.6) is 11.5 Å². The minimum Gasteiger partial charge on any atom is -0.493 e. The number of fused-ring (bicyclic) bond motifs is 1. The predicted octanol–water partition coefficient (Wildman–Crippen LogP) is 3.57. The fraction of sp³-hybridized carbons (Fsp3) is 0.158. The zero-order valence-electron chi connectivity index (χ0n) is 14.7. The van der Waals surface area contributed by atoms with Gasteiger partial charge >= 0.3 is 5.91 Å². The first-order valence-corrected chi connectivity index (χ1v) is 8.50. The van der Waals surface area contributed by atoms with Gasteiger partial charge in [-0.1, -0.05) is 11.6 Å². The molecule has 3 rings (SSSR count). The van der Waals surface area contributed by atoms with E-state index in [0.717, 1.165) is 0 Å². The number of methoxy groups -OCH3 is 1. The molecule has 0 saturated heterocycles. The SMILES string of the molecule is CCOc1ccc(C(=O)NNC(=O)c2cc3cc(Cl)ccc3o2)cc1OC. The molecule has 0 atom stereocenters. The number of ether oxygens (including phenoxy) is 2. The van der Waals surface area contributed by atoms with Crippen LogP contribution in [-0.4, -0.2) is 25.5 Å². The van der Waals surface area contributed by atoms with Crippen molar-refractivity contribution in [1.82, 2.24) is 10.9 Å². The Morgan fingerprint density at radius 3 is 2.56 bits per heavy atom. The van der Waals surface area contributed by atoms with Gasteiger partial charge < -0.3 is 13.9 Å². The number of halogens is 1. The Hall–Kier alpha value is -3.19. The minimum absolute atomic E-state index is 0.0526. The van der Waals surface area contributed by atoms with Crippen molar-refractivity contribution in [2.75, 3.05) is 13.7 Å². The van der Waals surface area contributed by atoms with Crippen molar-refractivity contribution in [2.45, 2.75) is 6.92 Å². The Morgan fingerprint density at radius 1 is 1.04 bits per heavy atom. The molecule has 0 aliphatic heterocycles. The molecule has 2 amide bonds. The van der Waals surface area contributed by atoms with Crippen LogP contribution in [0.15, 0.2) is 46.9 Å². The Balaban J connectivity index is 1.68. The van der Waals surface area contributed by atoms with E-state index in [1.165, 1.54) is 13.2 Å². The number of amides is 2. The molecule has 140 valence electrons. The summed E-state index contributed by atoms with van der Waals surface area (Å²) in [5.41, 5.74) is 5.47. The lowest BCUT2D eigenvalue weighted by Crippen LogP contribution is -2.41. The number of benzene rings is 2. The molecule has 1 heterocycles. The van der Waals surface area contributed by atoms with E-state index < -0.39 is 11.8 Å². The first-order chi connectivity index (χ1) is 13.0. The monoisotopic (exact) mass is 388 g/mol. The Kier molecular flexibility index (Phi) is 5.52. The van der Waals surface area contributed by atoms with Crippen molar-refractivity contribution in [3.8, 4) is 11.5 Å². The fourth-order valence-electron chi connectivity index (χ4n) is 2.46. The van der Waals surface area contributed by atoms with Gasteiger partial charge in [-0.05, 0) is 49.4 Å². The smallest absolute Gasteiger partial charge is 0.305 e. The average Bonchev–Trinajstić information content (AvgIpc) is 3.09. The molecule has 2 aromatic carbocycles. The molecule has 1 aromatic heterocycles. The molecule has 3 aromatic rings. The van der Waals surface area contributed by atoms with Gasteiger partial charge in [0.2, 0.25) is 0 Å². The highest BCUT2D eigenvalue weighted by atomic mass is 35.5. The summed E-state index contributed by atoms with van der Waals surface area (Å²) >= 11 is 5.92. The summed E-state index contributed by atoms with van der Waals surface area (Å²) in [5, 5.41) is 1.23. The van der Waals surface area contributed by atoms with E-state index in [1.807, 2.05) is 6.92 Å². The van der Waals surface area contributed by atoms with Crippen LogP contribution in [0.1, 0.15) is 27.8 Å². The lowest BCUT2D eigenvalue weighted by Gasteiger charge is -2.11. The van der Waals surface area contributed by atoms with Gasteiger partial charge in [-0.25, -0.2) is 0 Å². The van der Waals surface area contributed by atoms with Gasteiger partial charge in [-0.15, -0.1) is 0 Å². The molecular formula is C19H17ClN2O5. The first-order valence-electron chi connectivity index (χ1n) is 8.12. The van der Waals surface area contributed by atoms with E-state index >= 15 is 0 Å². The second-order valence-electron chi connectivity index (χ2n) is 5.50. The second kappa shape index (κ2) is 8.01. The Bertz CT molecular complexity index is 999. The number of hydrazine groups is 1. The lowest BCUT2D eigenvalue weighted by atomic mass is 10.2. The Morgan fingerprint density at radius 2 is 1.81 bits per heavy atom. The van der Waals surface area contributed by atoms with Crippen molar-refractivity contribution >= 4 is 34.4 Å². The van der Waals surface area contributed by atoms with Crippen LogP contribution >= 0.6 is 11.6 Å². The molecule has 0 aliphatic carbocycles. The summed E-state index contributed by atoms with van der Waals surface area (Å²) in [6.45, 7) is 2.32. The van der Waals surface area contributed by atoms with Crippen LogP contribution < -0.4 is 20.3 Å². The van der Waals surface area contributed by atoms with Crippen molar-refractivity contribution in [3.63, 3.8) is 0 Å². The quantitative estimate of drug-likeness (QED) is 0.652. The third kappa shape index (κ3) is 4.15. The molecule has 2 N–H and O–H groups in total. The second-order valence-corrected chi connectivity index (χ2v) is 5.94. The van der Waals surface area contributed by atoms with Crippen LogP contribution in [-0.2, 0) is 0 Å². The van der Waals surface area contributed by atoms with Crippen LogP contribution in [0.2, 0.25) is 5.02 Å². The zero-order chi connectivity index (χ0) is 19.4. The van der Waals surface area contributed by atoms with E-state index in [9.17, 15) is 9.59 Å². The molecule has 0 unspecified atom stereocenters. The Labute approximate surface area is 160 Å². The van der Waals surface area contributed by atoms with Crippen LogP contribution in [0.25, 0.3) is 11.0 Å². The number of hydrogen-bond donors (Lipinski definition) is 2. The van der Waals surface area contributed by atoms with Gasteiger partial charge in [-0.3, -0.25) is 20.4 Å². The van der Waals surface area contributed by atoms with Gasteiger partial charge in [-0.2, -0.15) is 0 Å². The predicted molar refractivity (Wildman–Crippen MR) is 100 cm³/mol. The van der Waals surface area contributed by atoms with Crippen molar-refractivity contribution in [3.05, 3.63) is 58.8 Å². The molecule has 0 spiro atoms. The van der Waals surface area contributed by atoms with Crippen molar-refractivity contribution in [1.29, 1.82) is 0 Å². The number of carbonyl (C=O) groups is 2. The summed E-state index contributed by atoms with van der Waals surface area (Å²) in [6.07, 6.45) is 0. The van der Waals surface area contributed by atoms with Crippen LogP contribution in [0, 0.1) is 0 Å². The molecular weight excluding hydrogens is 372 g/mol. The zero-order valence-corrected chi connectivity index (χ0v) is 15.4. The lowest BCUT2D eigenvalue weighted by molar-refractivity contribution is 0.0832. The number of nitrogens with one attached hydrogen (secondary N) is 2. The van der Waals surface area contributed by atoms with Gasteiger partial charge in [0.25, 0.3) is 5.91 Å². The number of rotatable bonds is 5. The van der Waals surface area contributed by atoms with Gasteiger partial charge in [0.15, 0.2) is 17.3 Å². The normalized spacial score (nSPS) is 10.5. The van der Waals surface area contributed by atoms with Gasteiger partial charge in [0, 0.05) is 16.0 Å². The molecule has 27 heavy (non-hydrogen) atoms. The van der Waals surface area contributed by atoms with E-state index in [-0.39, 0.29) is 5.76 Å². The summed E-state index contributed by atoms with van der Waals surface area (Å²) in [6, 6.07) is 11.3. The van der Waals surface area contributed by atoms with Crippen molar-refractivity contribution < 1.29 is 23.5 Å². The number of furan rings is 1. The van der Waals surface area contributed by atoms with E-state index in [4.69, 9.17) is 25.5 Å². The van der Waals surface area contributed by atoms with Crippen molar-refractivity contribution in [2.24, 2.45) is 0 Å². The maximum absolute atomic E-state index is 12.3. The summed E-state index contributed by atoms with van der Waals surface area (Å²) in [5.74, 6) is -0.0965. The topological polar surface area (TPSA) is 89.8 Å². The maximum Gasteiger partial charge on any atom is 0.305 e. The van der Waals surface area contributed by atoms with Gasteiger partial charge in [0.05, 0.1) is 13.7 Å². The summed E-state index contributed by atoms with van der Waals surface area (Å²) < 4.78 is 16.1. The molecule has 0 fully saturated rings. The highest BCUT2D eigenvalue weighted by Crippen LogP contribution is 2.28. The molecule has 8 heteroatoms. The molecule has 0 radical (unpaired) electrons. The number of hydrogen-bond acceptors (Lipinski definition) is 5. The standard InChI is InChI=1S/C19H17ClN2O5/c1-3-26-15-6-4-11(9-16(15)25-2)18(23)21-22-19(24)17-10-12-8-13(20)5-7-14(12)27-17/h4-10H,3H2,1-2H3,(H,21,23)(H,22,24). The van der Waals surface area contributed by atoms with E-state index in [1.54, 1.807) is 36.4 Å². The van der Waals surface area contributed by atoms with E-state index in [2.05, 4.69) is 10.9 Å². The van der Waals surface area contributed by atoms with E-state index in [0.29, 0.717) is 39.7 Å². The summed E-state index contributed by atoms with van der Waals surface area (Å²) in [7, 11) is 1.48. The van der Waals surface area contributed by atoms with Gasteiger partial charge in [0.1, 0.15) is 5.58 Å². The molecule has 7 nitrogen and oxygen atoms in total. The largest absolute Gasteiger partial charge is 0.493 e. The molecule has 0 saturated carbocycles. The highest BCUT2D eigenvalue weighted by Gasteiger charge is 2.15. The van der Waals surface area contributed by atoms with Crippen LogP contribution in [0.3, 0.4) is 0 Å². The highest BCUT2D eigenvalue weighted by molar-refractivity contribution is 6.31. The van der Waals surface area contributed by atoms with Crippen LogP contribution in [0.4, 0.5) is 0 Å². The third-order valence-corrected chi connectivity index (χ3v) is 3.95. The fourth-order valence-corrected chi connectivity index (χ4v) is 2.64. The average molecular weight is 389 g/mol. The molecule has 0 aliphatic rings. The summed E-state index contributed by atoms with van der Waals surface area (Å²) in [4.78, 5) is 24.5. The maximum atomic E-state index is 12.3. The molecule has 0 bridgehead atoms. The third-order valence-electron chi connectivity index (χ3n) is 3.72. The number of carbonyl (C=O) groups excluding carboxylic acids is 2. The minimum atomic E-state index is -0.589. The first kappa shape index (κ1) is 18.6.